The van der Waals surface area contributed by atoms with Crippen LogP contribution >= 0.6 is 0 Å². The van der Waals surface area contributed by atoms with E-state index in [1.54, 1.807) is 0 Å². The lowest BCUT2D eigenvalue weighted by Gasteiger charge is -2.03. The SMILES string of the molecule is C=COC(=O)C(C)S(=O)(=O)O. The molecule has 0 aromatic rings. The summed E-state index contributed by atoms with van der Waals surface area (Å²) in [6.45, 7) is 4.06. The van der Waals surface area contributed by atoms with Crippen molar-refractivity contribution >= 4 is 16.1 Å². The molecule has 1 unspecified atom stereocenters. The molecule has 64 valence electrons. The Bertz CT molecular complexity index is 252. The van der Waals surface area contributed by atoms with Gasteiger partial charge in [-0.05, 0) is 6.92 Å². The highest BCUT2D eigenvalue weighted by molar-refractivity contribution is 7.87. The van der Waals surface area contributed by atoms with E-state index in [2.05, 4.69) is 11.3 Å². The molecule has 5 nitrogen and oxygen atoms in total. The maximum atomic E-state index is 10.6. The molecular weight excluding hydrogens is 172 g/mol. The zero-order valence-electron chi connectivity index (χ0n) is 5.85. The third kappa shape index (κ3) is 3.15. The number of esters is 1. The molecule has 1 atom stereocenters. The fourth-order valence-corrected chi connectivity index (χ4v) is 0.598. The van der Waals surface area contributed by atoms with Gasteiger partial charge in [0.05, 0.1) is 6.26 Å². The van der Waals surface area contributed by atoms with E-state index in [4.69, 9.17) is 4.55 Å². The Labute approximate surface area is 64.4 Å². The number of carbonyl (C=O) groups is 1. The molecule has 1 N–H and O–H groups in total. The van der Waals surface area contributed by atoms with Gasteiger partial charge in [0.1, 0.15) is 0 Å². The van der Waals surface area contributed by atoms with Crippen molar-refractivity contribution in [2.45, 2.75) is 12.2 Å². The van der Waals surface area contributed by atoms with Gasteiger partial charge in [0.25, 0.3) is 10.1 Å². The predicted octanol–water partition coefficient (Wildman–Crippen LogP) is -0.0506. The van der Waals surface area contributed by atoms with Gasteiger partial charge in [0.2, 0.25) is 0 Å². The van der Waals surface area contributed by atoms with E-state index in [0.29, 0.717) is 0 Å². The van der Waals surface area contributed by atoms with Gasteiger partial charge in [-0.3, -0.25) is 9.35 Å². The minimum Gasteiger partial charge on any atom is -0.434 e. The Morgan fingerprint density at radius 2 is 2.18 bits per heavy atom. The van der Waals surface area contributed by atoms with Crippen LogP contribution in [0, 0.1) is 0 Å². The number of hydrogen-bond donors (Lipinski definition) is 1. The lowest BCUT2D eigenvalue weighted by atomic mass is 10.5. The second kappa shape index (κ2) is 3.49. The predicted molar refractivity (Wildman–Crippen MR) is 37.3 cm³/mol. The number of ether oxygens (including phenoxy) is 1. The molecule has 6 heteroatoms. The van der Waals surface area contributed by atoms with Crippen molar-refractivity contribution in [3.05, 3.63) is 12.8 Å². The van der Waals surface area contributed by atoms with Gasteiger partial charge in [0.15, 0.2) is 5.25 Å². The van der Waals surface area contributed by atoms with E-state index < -0.39 is 21.3 Å². The third-order valence-corrected chi connectivity index (χ3v) is 2.06. The smallest absolute Gasteiger partial charge is 0.331 e. The largest absolute Gasteiger partial charge is 0.434 e. The Morgan fingerprint density at radius 3 is 2.45 bits per heavy atom. The zero-order valence-corrected chi connectivity index (χ0v) is 6.67. The maximum absolute atomic E-state index is 10.6. The van der Waals surface area contributed by atoms with Gasteiger partial charge >= 0.3 is 5.97 Å². The van der Waals surface area contributed by atoms with Crippen LogP contribution < -0.4 is 0 Å². The number of carbonyl (C=O) groups excluding carboxylic acids is 1. The Kier molecular flexibility index (Phi) is 3.21. The van der Waals surface area contributed by atoms with Gasteiger partial charge in [-0.1, -0.05) is 6.58 Å². The molecule has 0 aliphatic heterocycles. The fraction of sp³-hybridized carbons (Fsp3) is 0.400. The van der Waals surface area contributed by atoms with Crippen LogP contribution in [0.5, 0.6) is 0 Å². The van der Waals surface area contributed by atoms with Gasteiger partial charge in [-0.2, -0.15) is 8.42 Å². The first-order chi connectivity index (χ1) is 4.89. The van der Waals surface area contributed by atoms with Crippen molar-refractivity contribution in [1.29, 1.82) is 0 Å². The fourth-order valence-electron chi connectivity index (χ4n) is 0.300. The Balaban J connectivity index is 4.38. The second-order valence-corrected chi connectivity index (χ2v) is 3.50. The van der Waals surface area contributed by atoms with Crippen molar-refractivity contribution in [3.63, 3.8) is 0 Å². The molecule has 0 amide bonds. The highest BCUT2D eigenvalue weighted by Gasteiger charge is 2.26. The molecule has 0 saturated heterocycles. The van der Waals surface area contributed by atoms with Crippen molar-refractivity contribution in [2.75, 3.05) is 0 Å². The lowest BCUT2D eigenvalue weighted by Crippen LogP contribution is -2.27. The Morgan fingerprint density at radius 1 is 1.73 bits per heavy atom. The summed E-state index contributed by atoms with van der Waals surface area (Å²) in [5.74, 6) is -1.05. The van der Waals surface area contributed by atoms with Crippen LogP contribution in [0.4, 0.5) is 0 Å². The monoisotopic (exact) mass is 180 g/mol. The van der Waals surface area contributed by atoms with Crippen molar-refractivity contribution in [3.8, 4) is 0 Å². The molecule has 11 heavy (non-hydrogen) atoms. The van der Waals surface area contributed by atoms with Gasteiger partial charge in [-0.25, -0.2) is 0 Å². The summed E-state index contributed by atoms with van der Waals surface area (Å²) in [5.41, 5.74) is 0. The van der Waals surface area contributed by atoms with Gasteiger partial charge < -0.3 is 4.74 Å². The van der Waals surface area contributed by atoms with Crippen molar-refractivity contribution in [1.82, 2.24) is 0 Å². The summed E-state index contributed by atoms with van der Waals surface area (Å²) in [5, 5.41) is -1.57. The second-order valence-electron chi connectivity index (χ2n) is 1.76. The number of rotatable bonds is 3. The van der Waals surface area contributed by atoms with Crippen LogP contribution in [-0.4, -0.2) is 24.2 Å². The summed E-state index contributed by atoms with van der Waals surface area (Å²) < 4.78 is 33.0. The van der Waals surface area contributed by atoms with Crippen LogP contribution in [0.2, 0.25) is 0 Å². The summed E-state index contributed by atoms with van der Waals surface area (Å²) >= 11 is 0. The molecule has 0 aromatic heterocycles. The topological polar surface area (TPSA) is 80.7 Å². The van der Waals surface area contributed by atoms with E-state index >= 15 is 0 Å². The average molecular weight is 180 g/mol. The quantitative estimate of drug-likeness (QED) is 0.374. The zero-order chi connectivity index (χ0) is 9.07. The minimum atomic E-state index is -4.35. The first kappa shape index (κ1) is 10.1. The van der Waals surface area contributed by atoms with E-state index in [0.717, 1.165) is 13.2 Å². The molecule has 0 aliphatic rings. The average Bonchev–Trinajstić information content (AvgIpc) is 1.85. The molecule has 0 spiro atoms. The Hall–Kier alpha value is -0.880. The normalized spacial score (nSPS) is 13.6. The minimum absolute atomic E-state index is 0.796. The molecular formula is C5H8O5S. The number of hydrogen-bond acceptors (Lipinski definition) is 4. The third-order valence-electron chi connectivity index (χ3n) is 0.978. The van der Waals surface area contributed by atoms with Crippen LogP contribution in [0.15, 0.2) is 12.8 Å². The highest BCUT2D eigenvalue weighted by Crippen LogP contribution is 1.99. The van der Waals surface area contributed by atoms with Crippen LogP contribution in [0.1, 0.15) is 6.92 Å². The maximum Gasteiger partial charge on any atom is 0.331 e. The van der Waals surface area contributed by atoms with E-state index in [9.17, 15) is 13.2 Å². The van der Waals surface area contributed by atoms with E-state index in [1.165, 1.54) is 0 Å². The standard InChI is InChI=1S/C5H8O5S/c1-3-10-5(6)4(2)11(7,8)9/h3-4H,1H2,2H3,(H,7,8,9). The van der Waals surface area contributed by atoms with Crippen molar-refractivity contribution < 1.29 is 22.5 Å². The van der Waals surface area contributed by atoms with Crippen LogP contribution in [0.3, 0.4) is 0 Å². The van der Waals surface area contributed by atoms with Gasteiger partial charge in [0, 0.05) is 0 Å². The first-order valence-corrected chi connectivity index (χ1v) is 4.17. The summed E-state index contributed by atoms with van der Waals surface area (Å²) in [7, 11) is -4.35. The molecule has 0 fully saturated rings. The molecule has 0 bridgehead atoms. The van der Waals surface area contributed by atoms with Crippen LogP contribution in [-0.2, 0) is 19.6 Å². The first-order valence-electron chi connectivity index (χ1n) is 2.67. The van der Waals surface area contributed by atoms with E-state index in [1.807, 2.05) is 0 Å². The molecule has 0 radical (unpaired) electrons. The summed E-state index contributed by atoms with van der Waals surface area (Å²) in [6, 6.07) is 0. The van der Waals surface area contributed by atoms with Crippen molar-refractivity contribution in [2.24, 2.45) is 0 Å². The lowest BCUT2D eigenvalue weighted by molar-refractivity contribution is -0.137. The summed E-state index contributed by atoms with van der Waals surface area (Å²) in [4.78, 5) is 10.6. The van der Waals surface area contributed by atoms with Crippen LogP contribution in [0.25, 0.3) is 0 Å². The molecule has 0 saturated carbocycles. The highest BCUT2D eigenvalue weighted by atomic mass is 32.2. The van der Waals surface area contributed by atoms with Gasteiger partial charge in [-0.15, -0.1) is 0 Å². The summed E-state index contributed by atoms with van der Waals surface area (Å²) in [6.07, 6.45) is 0.796. The van der Waals surface area contributed by atoms with E-state index in [-0.39, 0.29) is 0 Å². The molecule has 0 aliphatic carbocycles. The molecule has 0 aromatic carbocycles. The molecule has 0 heterocycles. The molecule has 0 rings (SSSR count).